The normalized spacial score (nSPS) is 10.9. The molecule has 0 saturated heterocycles. The summed E-state index contributed by atoms with van der Waals surface area (Å²) in [6.07, 6.45) is 1.98. The number of halogens is 1. The van der Waals surface area contributed by atoms with Crippen LogP contribution in [0.25, 0.3) is 10.9 Å². The van der Waals surface area contributed by atoms with E-state index in [1.807, 2.05) is 54.7 Å². The Bertz CT molecular complexity index is 790. The number of benzene rings is 2. The zero-order valence-corrected chi connectivity index (χ0v) is 12.0. The fourth-order valence-electron chi connectivity index (χ4n) is 2.47. The van der Waals surface area contributed by atoms with E-state index in [0.29, 0.717) is 6.54 Å². The van der Waals surface area contributed by atoms with Crippen LogP contribution in [0, 0.1) is 0 Å². The molecule has 0 unspecified atom stereocenters. The highest BCUT2D eigenvalue weighted by atomic mass is 35.5. The van der Waals surface area contributed by atoms with Gasteiger partial charge in [0.25, 0.3) is 0 Å². The van der Waals surface area contributed by atoms with Gasteiger partial charge in [-0.05, 0) is 17.2 Å². The second-order valence-corrected chi connectivity index (χ2v) is 5.42. The first kappa shape index (κ1) is 13.7. The van der Waals surface area contributed by atoms with Crippen LogP contribution in [0.15, 0.2) is 54.7 Å². The smallest absolute Gasteiger partial charge is 0.307 e. The highest BCUT2D eigenvalue weighted by Gasteiger charge is 2.07. The fraction of sp³-hybridized carbons (Fsp3) is 0.118. The van der Waals surface area contributed by atoms with Crippen molar-refractivity contribution in [1.82, 2.24) is 4.57 Å². The molecule has 0 atom stereocenters. The van der Waals surface area contributed by atoms with Gasteiger partial charge in [0.15, 0.2) is 0 Å². The summed E-state index contributed by atoms with van der Waals surface area (Å²) in [5.41, 5.74) is 3.01. The maximum absolute atomic E-state index is 10.7. The molecule has 0 spiro atoms. The number of fused-ring (bicyclic) bond motifs is 1. The van der Waals surface area contributed by atoms with Gasteiger partial charge >= 0.3 is 5.97 Å². The van der Waals surface area contributed by atoms with Crippen LogP contribution in [0.1, 0.15) is 11.1 Å². The summed E-state index contributed by atoms with van der Waals surface area (Å²) in [5, 5.41) is 10.6. The number of aliphatic carboxylic acids is 1. The summed E-state index contributed by atoms with van der Waals surface area (Å²) in [6.45, 7) is 0.709. The molecule has 1 aromatic heterocycles. The molecular formula is C17H14ClNO2. The van der Waals surface area contributed by atoms with Crippen LogP contribution < -0.4 is 0 Å². The molecule has 0 aliphatic carbocycles. The molecule has 0 amide bonds. The summed E-state index contributed by atoms with van der Waals surface area (Å²) in [5.74, 6) is -0.814. The Kier molecular flexibility index (Phi) is 3.67. The van der Waals surface area contributed by atoms with Crippen molar-refractivity contribution in [1.29, 1.82) is 0 Å². The number of hydrogen-bond donors (Lipinski definition) is 1. The molecule has 0 fully saturated rings. The van der Waals surface area contributed by atoms with Crippen molar-refractivity contribution in [3.05, 3.63) is 70.9 Å². The van der Waals surface area contributed by atoms with Gasteiger partial charge in [0.2, 0.25) is 0 Å². The van der Waals surface area contributed by atoms with Crippen molar-refractivity contribution in [2.75, 3.05) is 0 Å². The highest BCUT2D eigenvalue weighted by molar-refractivity contribution is 6.35. The molecule has 4 heteroatoms. The number of para-hydroxylation sites is 1. The zero-order valence-electron chi connectivity index (χ0n) is 11.3. The SMILES string of the molecule is O=C(O)Cc1ccc(Cn2cc(Cl)c3ccccc32)cc1. The quantitative estimate of drug-likeness (QED) is 0.792. The van der Waals surface area contributed by atoms with Gasteiger partial charge in [0, 0.05) is 23.6 Å². The molecule has 106 valence electrons. The standard InChI is InChI=1S/C17H14ClNO2/c18-15-11-19(16-4-2-1-3-14(15)16)10-13-7-5-12(6-8-13)9-17(20)21/h1-8,11H,9-10H2,(H,20,21). The minimum absolute atomic E-state index is 0.0541. The zero-order chi connectivity index (χ0) is 14.8. The number of carboxylic acids is 1. The molecule has 21 heavy (non-hydrogen) atoms. The Labute approximate surface area is 127 Å². The van der Waals surface area contributed by atoms with Crippen molar-refractivity contribution in [3.8, 4) is 0 Å². The van der Waals surface area contributed by atoms with Crippen LogP contribution in [0.4, 0.5) is 0 Å². The first-order chi connectivity index (χ1) is 10.1. The largest absolute Gasteiger partial charge is 0.481 e. The summed E-state index contributed by atoms with van der Waals surface area (Å²) < 4.78 is 2.10. The molecule has 0 bridgehead atoms. The maximum Gasteiger partial charge on any atom is 0.307 e. The topological polar surface area (TPSA) is 42.2 Å². The van der Waals surface area contributed by atoms with Gasteiger partial charge < -0.3 is 9.67 Å². The van der Waals surface area contributed by atoms with Crippen LogP contribution in [0.2, 0.25) is 5.02 Å². The van der Waals surface area contributed by atoms with E-state index in [1.165, 1.54) is 0 Å². The Hall–Kier alpha value is -2.26. The average Bonchev–Trinajstić information content (AvgIpc) is 2.78. The van der Waals surface area contributed by atoms with Gasteiger partial charge in [0.1, 0.15) is 0 Å². The fourth-order valence-corrected chi connectivity index (χ4v) is 2.74. The Morgan fingerprint density at radius 2 is 1.71 bits per heavy atom. The molecule has 2 aromatic carbocycles. The molecule has 0 aliphatic heterocycles. The second-order valence-electron chi connectivity index (χ2n) is 5.01. The van der Waals surface area contributed by atoms with E-state index in [1.54, 1.807) is 0 Å². The lowest BCUT2D eigenvalue weighted by atomic mass is 10.1. The summed E-state index contributed by atoms with van der Waals surface area (Å²) in [6, 6.07) is 15.6. The number of aromatic nitrogens is 1. The van der Waals surface area contributed by atoms with Crippen molar-refractivity contribution < 1.29 is 9.90 Å². The minimum atomic E-state index is -0.814. The van der Waals surface area contributed by atoms with Crippen LogP contribution in [0.3, 0.4) is 0 Å². The van der Waals surface area contributed by atoms with Gasteiger partial charge in [-0.25, -0.2) is 0 Å². The molecule has 1 N–H and O–H groups in total. The third kappa shape index (κ3) is 2.93. The molecule has 0 saturated carbocycles. The first-order valence-electron chi connectivity index (χ1n) is 6.66. The van der Waals surface area contributed by atoms with Crippen molar-refractivity contribution >= 4 is 28.5 Å². The summed E-state index contributed by atoms with van der Waals surface area (Å²) in [7, 11) is 0. The molecule has 0 radical (unpaired) electrons. The van der Waals surface area contributed by atoms with Crippen LogP contribution in [-0.4, -0.2) is 15.6 Å². The van der Waals surface area contributed by atoms with Crippen molar-refractivity contribution in [2.45, 2.75) is 13.0 Å². The minimum Gasteiger partial charge on any atom is -0.481 e. The van der Waals surface area contributed by atoms with Crippen LogP contribution in [-0.2, 0) is 17.8 Å². The molecular weight excluding hydrogens is 286 g/mol. The second kappa shape index (κ2) is 5.62. The van der Waals surface area contributed by atoms with Crippen molar-refractivity contribution in [3.63, 3.8) is 0 Å². The number of carbonyl (C=O) groups is 1. The van der Waals surface area contributed by atoms with Gasteiger partial charge in [-0.2, -0.15) is 0 Å². The predicted octanol–water partition coefficient (Wildman–Crippen LogP) is 3.97. The maximum atomic E-state index is 10.7. The van der Waals surface area contributed by atoms with E-state index in [9.17, 15) is 4.79 Å². The van der Waals surface area contributed by atoms with E-state index in [0.717, 1.165) is 27.1 Å². The highest BCUT2D eigenvalue weighted by Crippen LogP contribution is 2.26. The lowest BCUT2D eigenvalue weighted by molar-refractivity contribution is -0.136. The molecule has 3 rings (SSSR count). The third-order valence-corrected chi connectivity index (χ3v) is 3.77. The Balaban J connectivity index is 1.87. The van der Waals surface area contributed by atoms with Crippen LogP contribution in [0.5, 0.6) is 0 Å². The third-order valence-electron chi connectivity index (χ3n) is 3.47. The number of rotatable bonds is 4. The van der Waals surface area contributed by atoms with Gasteiger partial charge in [-0.3, -0.25) is 4.79 Å². The Morgan fingerprint density at radius 3 is 2.43 bits per heavy atom. The van der Waals surface area contributed by atoms with Gasteiger partial charge in [0.05, 0.1) is 11.4 Å². The summed E-state index contributed by atoms with van der Waals surface area (Å²) >= 11 is 6.24. The first-order valence-corrected chi connectivity index (χ1v) is 7.04. The lowest BCUT2D eigenvalue weighted by Crippen LogP contribution is -2.01. The molecule has 1 heterocycles. The monoisotopic (exact) mass is 299 g/mol. The molecule has 3 aromatic rings. The van der Waals surface area contributed by atoms with Crippen LogP contribution >= 0.6 is 11.6 Å². The van der Waals surface area contributed by atoms with E-state index in [2.05, 4.69) is 4.57 Å². The number of nitrogens with zero attached hydrogens (tertiary/aromatic N) is 1. The molecule has 0 aliphatic rings. The van der Waals surface area contributed by atoms with Crippen molar-refractivity contribution in [2.24, 2.45) is 0 Å². The van der Waals surface area contributed by atoms with Gasteiger partial charge in [-0.1, -0.05) is 54.1 Å². The number of carboxylic acid groups (broad SMARTS) is 1. The summed E-state index contributed by atoms with van der Waals surface area (Å²) in [4.78, 5) is 10.7. The predicted molar refractivity (Wildman–Crippen MR) is 83.8 cm³/mol. The van der Waals surface area contributed by atoms with E-state index in [-0.39, 0.29) is 6.42 Å². The van der Waals surface area contributed by atoms with Gasteiger partial charge in [-0.15, -0.1) is 0 Å². The molecule has 3 nitrogen and oxygen atoms in total. The lowest BCUT2D eigenvalue weighted by Gasteiger charge is -2.06. The van der Waals surface area contributed by atoms with E-state index < -0.39 is 5.97 Å². The Morgan fingerprint density at radius 1 is 1.05 bits per heavy atom. The average molecular weight is 300 g/mol. The van der Waals surface area contributed by atoms with E-state index >= 15 is 0 Å². The number of hydrogen-bond acceptors (Lipinski definition) is 1. The van der Waals surface area contributed by atoms with E-state index in [4.69, 9.17) is 16.7 Å².